The van der Waals surface area contributed by atoms with Crippen molar-refractivity contribution >= 4 is 23.1 Å². The summed E-state index contributed by atoms with van der Waals surface area (Å²) in [7, 11) is 0. The highest BCUT2D eigenvalue weighted by Crippen LogP contribution is 2.12. The molecular formula is C14H22N4S. The molecule has 0 saturated carbocycles. The average molecular weight is 278 g/mol. The number of anilines is 1. The van der Waals surface area contributed by atoms with Gasteiger partial charge in [-0.15, -0.1) is 0 Å². The number of nitrogens with one attached hydrogen (secondary N) is 1. The van der Waals surface area contributed by atoms with Crippen LogP contribution in [-0.2, 0) is 0 Å². The second kappa shape index (κ2) is 6.70. The summed E-state index contributed by atoms with van der Waals surface area (Å²) in [5.41, 5.74) is 0. The zero-order valence-corrected chi connectivity index (χ0v) is 12.5. The van der Waals surface area contributed by atoms with Gasteiger partial charge in [0.2, 0.25) is 0 Å². The van der Waals surface area contributed by atoms with E-state index in [9.17, 15) is 0 Å². The third kappa shape index (κ3) is 3.80. The molecular weight excluding hydrogens is 256 g/mol. The van der Waals surface area contributed by atoms with Gasteiger partial charge in [-0.05, 0) is 37.7 Å². The summed E-state index contributed by atoms with van der Waals surface area (Å²) in [5, 5.41) is 4.26. The Kier molecular flexibility index (Phi) is 4.96. The first kappa shape index (κ1) is 14.1. The molecule has 5 heteroatoms. The van der Waals surface area contributed by atoms with Crippen LogP contribution in [-0.4, -0.2) is 47.2 Å². The van der Waals surface area contributed by atoms with Gasteiger partial charge in [-0.2, -0.15) is 0 Å². The molecule has 1 aliphatic heterocycles. The van der Waals surface area contributed by atoms with Crippen LogP contribution < -0.4 is 10.2 Å². The van der Waals surface area contributed by atoms with Gasteiger partial charge in [0.1, 0.15) is 5.82 Å². The lowest BCUT2D eigenvalue weighted by atomic mass is 10.2. The Morgan fingerprint density at radius 3 is 2.68 bits per heavy atom. The van der Waals surface area contributed by atoms with E-state index in [-0.39, 0.29) is 0 Å². The molecule has 1 saturated heterocycles. The van der Waals surface area contributed by atoms with E-state index in [2.05, 4.69) is 40.0 Å². The molecule has 0 aromatic carbocycles. The van der Waals surface area contributed by atoms with Crippen LogP contribution in [0.4, 0.5) is 5.82 Å². The summed E-state index contributed by atoms with van der Waals surface area (Å²) in [5.74, 6) is 1.06. The van der Waals surface area contributed by atoms with Crippen molar-refractivity contribution in [3.8, 4) is 0 Å². The van der Waals surface area contributed by atoms with E-state index in [1.54, 1.807) is 0 Å². The van der Waals surface area contributed by atoms with Crippen molar-refractivity contribution in [2.75, 3.05) is 31.1 Å². The van der Waals surface area contributed by atoms with Crippen molar-refractivity contribution in [3.63, 3.8) is 0 Å². The number of thiocarbonyl (C=S) groups is 1. The molecule has 0 radical (unpaired) electrons. The fraction of sp³-hybridized carbons (Fsp3) is 0.571. The van der Waals surface area contributed by atoms with E-state index < -0.39 is 0 Å². The van der Waals surface area contributed by atoms with E-state index in [4.69, 9.17) is 12.2 Å². The van der Waals surface area contributed by atoms with Gasteiger partial charge < -0.3 is 15.1 Å². The van der Waals surface area contributed by atoms with E-state index >= 15 is 0 Å². The minimum atomic E-state index is 0.446. The van der Waals surface area contributed by atoms with Crippen LogP contribution in [0.15, 0.2) is 24.4 Å². The summed E-state index contributed by atoms with van der Waals surface area (Å²) in [6.45, 7) is 8.19. The van der Waals surface area contributed by atoms with Crippen molar-refractivity contribution in [2.24, 2.45) is 0 Å². The number of nitrogens with zero attached hydrogens (tertiary/aromatic N) is 3. The van der Waals surface area contributed by atoms with Gasteiger partial charge in [-0.3, -0.25) is 0 Å². The molecule has 0 unspecified atom stereocenters. The Hall–Kier alpha value is -1.36. The highest BCUT2D eigenvalue weighted by molar-refractivity contribution is 7.80. The molecule has 1 atom stereocenters. The van der Waals surface area contributed by atoms with Gasteiger partial charge in [-0.25, -0.2) is 4.98 Å². The number of piperazine rings is 1. The minimum Gasteiger partial charge on any atom is -0.360 e. The fourth-order valence-electron chi connectivity index (χ4n) is 2.08. The zero-order valence-electron chi connectivity index (χ0n) is 11.7. The molecule has 104 valence electrons. The SMILES string of the molecule is CC[C@@H](C)NC(=S)N1CCN(c2ccccn2)CC1. The van der Waals surface area contributed by atoms with Crippen LogP contribution in [0.3, 0.4) is 0 Å². The fourth-order valence-corrected chi connectivity index (χ4v) is 2.47. The van der Waals surface area contributed by atoms with E-state index in [1.165, 1.54) is 0 Å². The standard InChI is InChI=1S/C14H22N4S/c1-3-12(2)16-14(19)18-10-8-17(9-11-18)13-6-4-5-7-15-13/h4-7,12H,3,8-11H2,1-2H3,(H,16,19)/t12-/m1/s1. The largest absolute Gasteiger partial charge is 0.360 e. The third-order valence-electron chi connectivity index (χ3n) is 3.52. The molecule has 0 spiro atoms. The number of hydrogen-bond acceptors (Lipinski definition) is 3. The van der Waals surface area contributed by atoms with Crippen molar-refractivity contribution in [1.29, 1.82) is 0 Å². The van der Waals surface area contributed by atoms with Crippen molar-refractivity contribution in [2.45, 2.75) is 26.3 Å². The van der Waals surface area contributed by atoms with Crippen LogP contribution >= 0.6 is 12.2 Å². The molecule has 2 heterocycles. The molecule has 1 aromatic heterocycles. The second-order valence-electron chi connectivity index (χ2n) is 4.92. The monoisotopic (exact) mass is 278 g/mol. The van der Waals surface area contributed by atoms with E-state index in [1.807, 2.05) is 18.3 Å². The molecule has 1 aliphatic rings. The maximum absolute atomic E-state index is 5.45. The van der Waals surface area contributed by atoms with E-state index in [0.717, 1.165) is 43.5 Å². The lowest BCUT2D eigenvalue weighted by Crippen LogP contribution is -2.53. The Balaban J connectivity index is 1.84. The molecule has 0 amide bonds. The van der Waals surface area contributed by atoms with Crippen LogP contribution in [0.25, 0.3) is 0 Å². The van der Waals surface area contributed by atoms with Crippen LogP contribution in [0, 0.1) is 0 Å². The van der Waals surface area contributed by atoms with Gasteiger partial charge in [0.15, 0.2) is 5.11 Å². The lowest BCUT2D eigenvalue weighted by Gasteiger charge is -2.37. The lowest BCUT2D eigenvalue weighted by molar-refractivity contribution is 0.374. The number of aromatic nitrogens is 1. The Labute approximate surface area is 120 Å². The zero-order chi connectivity index (χ0) is 13.7. The summed E-state index contributed by atoms with van der Waals surface area (Å²) >= 11 is 5.45. The minimum absolute atomic E-state index is 0.446. The van der Waals surface area contributed by atoms with Crippen LogP contribution in [0.5, 0.6) is 0 Å². The second-order valence-corrected chi connectivity index (χ2v) is 5.31. The van der Waals surface area contributed by atoms with Gasteiger partial charge in [0.05, 0.1) is 0 Å². The molecule has 1 N–H and O–H groups in total. The molecule has 1 fully saturated rings. The summed E-state index contributed by atoms with van der Waals surface area (Å²) in [4.78, 5) is 8.95. The first-order valence-electron chi connectivity index (χ1n) is 6.92. The van der Waals surface area contributed by atoms with E-state index in [0.29, 0.717) is 6.04 Å². The molecule has 1 aromatic rings. The van der Waals surface area contributed by atoms with Crippen molar-refractivity contribution in [3.05, 3.63) is 24.4 Å². The number of hydrogen-bond donors (Lipinski definition) is 1. The molecule has 0 aliphatic carbocycles. The third-order valence-corrected chi connectivity index (χ3v) is 3.90. The summed E-state index contributed by atoms with van der Waals surface area (Å²) in [6.07, 6.45) is 2.94. The molecule has 4 nitrogen and oxygen atoms in total. The Morgan fingerprint density at radius 2 is 2.11 bits per heavy atom. The highest BCUT2D eigenvalue weighted by Gasteiger charge is 2.20. The van der Waals surface area contributed by atoms with Gasteiger partial charge in [0.25, 0.3) is 0 Å². The Morgan fingerprint density at radius 1 is 1.37 bits per heavy atom. The topological polar surface area (TPSA) is 31.4 Å². The molecule has 19 heavy (non-hydrogen) atoms. The Bertz CT molecular complexity index is 401. The van der Waals surface area contributed by atoms with Gasteiger partial charge in [0, 0.05) is 38.4 Å². The molecule has 2 rings (SSSR count). The quantitative estimate of drug-likeness (QED) is 0.853. The summed E-state index contributed by atoms with van der Waals surface area (Å²) < 4.78 is 0. The van der Waals surface area contributed by atoms with Crippen LogP contribution in [0.1, 0.15) is 20.3 Å². The molecule has 0 bridgehead atoms. The normalized spacial score (nSPS) is 17.2. The number of pyridine rings is 1. The van der Waals surface area contributed by atoms with Crippen molar-refractivity contribution < 1.29 is 0 Å². The maximum Gasteiger partial charge on any atom is 0.169 e. The smallest absolute Gasteiger partial charge is 0.169 e. The van der Waals surface area contributed by atoms with Crippen LogP contribution in [0.2, 0.25) is 0 Å². The van der Waals surface area contributed by atoms with Gasteiger partial charge >= 0.3 is 0 Å². The predicted octanol–water partition coefficient (Wildman–Crippen LogP) is 1.88. The average Bonchev–Trinajstić information content (AvgIpc) is 2.48. The summed E-state index contributed by atoms with van der Waals surface area (Å²) in [6, 6.07) is 6.49. The highest BCUT2D eigenvalue weighted by atomic mass is 32.1. The maximum atomic E-state index is 5.45. The predicted molar refractivity (Wildman–Crippen MR) is 83.5 cm³/mol. The van der Waals surface area contributed by atoms with Crippen molar-refractivity contribution in [1.82, 2.24) is 15.2 Å². The first-order chi connectivity index (χ1) is 9.20. The first-order valence-corrected chi connectivity index (χ1v) is 7.33. The van der Waals surface area contributed by atoms with Gasteiger partial charge in [-0.1, -0.05) is 13.0 Å². The number of rotatable bonds is 3.